The molecule has 6 nitrogen and oxygen atoms in total. The summed E-state index contributed by atoms with van der Waals surface area (Å²) >= 11 is 0. The van der Waals surface area contributed by atoms with Crippen LogP contribution in [0, 0.1) is 0 Å². The molecule has 2 aromatic rings. The highest BCUT2D eigenvalue weighted by molar-refractivity contribution is 7.92. The molecule has 0 bridgehead atoms. The molecule has 0 aliphatic carbocycles. The predicted molar refractivity (Wildman–Crippen MR) is 82.8 cm³/mol. The number of nitrogen functional groups attached to an aromatic ring is 1. The predicted octanol–water partition coefficient (Wildman–Crippen LogP) is 1.51. The van der Waals surface area contributed by atoms with E-state index in [0.717, 1.165) is 0 Å². The summed E-state index contributed by atoms with van der Waals surface area (Å²) in [5.74, 6) is 0.418. The van der Waals surface area contributed by atoms with Crippen molar-refractivity contribution < 1.29 is 13.2 Å². The Labute approximate surface area is 124 Å². The molecular formula is C14H17N3O3S. The van der Waals surface area contributed by atoms with Gasteiger partial charge in [0.1, 0.15) is 18.1 Å². The zero-order chi connectivity index (χ0) is 15.3. The third-order valence-electron chi connectivity index (χ3n) is 2.89. The van der Waals surface area contributed by atoms with Gasteiger partial charge in [-0.05, 0) is 24.3 Å². The minimum atomic E-state index is -3.46. The standard InChI is InChI=1S/C14H17N3O3S/c1-17(13-5-3-7-16-11-13)21(18,19)9-8-20-14-6-2-4-12(15)10-14/h2-7,10-11H,8-9,15H2,1H3. The normalized spacial score (nSPS) is 11.1. The largest absolute Gasteiger partial charge is 0.492 e. The molecule has 0 fully saturated rings. The lowest BCUT2D eigenvalue weighted by atomic mass is 10.3. The molecule has 0 radical (unpaired) electrons. The van der Waals surface area contributed by atoms with Crippen molar-refractivity contribution in [3.8, 4) is 5.75 Å². The number of pyridine rings is 1. The first-order valence-electron chi connectivity index (χ1n) is 6.34. The van der Waals surface area contributed by atoms with Crippen LogP contribution in [0.25, 0.3) is 0 Å². The van der Waals surface area contributed by atoms with Gasteiger partial charge in [-0.2, -0.15) is 0 Å². The minimum absolute atomic E-state index is 0.0520. The molecule has 1 aromatic carbocycles. The maximum Gasteiger partial charge on any atom is 0.238 e. The smallest absolute Gasteiger partial charge is 0.238 e. The molecule has 2 rings (SSSR count). The number of hydrogen-bond acceptors (Lipinski definition) is 5. The van der Waals surface area contributed by atoms with Gasteiger partial charge in [-0.15, -0.1) is 0 Å². The fourth-order valence-corrected chi connectivity index (χ4v) is 2.70. The SMILES string of the molecule is CN(c1cccnc1)S(=O)(=O)CCOc1cccc(N)c1. The summed E-state index contributed by atoms with van der Waals surface area (Å²) in [6.45, 7) is 0.0520. The van der Waals surface area contributed by atoms with Gasteiger partial charge >= 0.3 is 0 Å². The van der Waals surface area contributed by atoms with Gasteiger partial charge < -0.3 is 10.5 Å². The number of rotatable bonds is 6. The molecule has 2 N–H and O–H groups in total. The Morgan fingerprint density at radius 1 is 1.29 bits per heavy atom. The van der Waals surface area contributed by atoms with Crippen LogP contribution in [0.15, 0.2) is 48.8 Å². The molecule has 0 saturated carbocycles. The Morgan fingerprint density at radius 2 is 2.10 bits per heavy atom. The van der Waals surface area contributed by atoms with E-state index in [2.05, 4.69) is 4.98 Å². The van der Waals surface area contributed by atoms with Crippen LogP contribution in [0.1, 0.15) is 0 Å². The molecular weight excluding hydrogens is 290 g/mol. The van der Waals surface area contributed by atoms with E-state index in [9.17, 15) is 8.42 Å². The molecule has 0 amide bonds. The molecule has 0 saturated heterocycles. The van der Waals surface area contributed by atoms with Crippen molar-refractivity contribution in [1.29, 1.82) is 0 Å². The summed E-state index contributed by atoms with van der Waals surface area (Å²) in [6.07, 6.45) is 3.09. The van der Waals surface area contributed by atoms with Gasteiger partial charge in [-0.25, -0.2) is 8.42 Å². The Morgan fingerprint density at radius 3 is 2.76 bits per heavy atom. The number of benzene rings is 1. The number of anilines is 2. The second kappa shape index (κ2) is 6.45. The van der Waals surface area contributed by atoms with Crippen molar-refractivity contribution in [1.82, 2.24) is 4.98 Å². The van der Waals surface area contributed by atoms with Crippen molar-refractivity contribution >= 4 is 21.4 Å². The molecule has 112 valence electrons. The lowest BCUT2D eigenvalue weighted by Gasteiger charge is -2.19. The molecule has 0 aliphatic heterocycles. The van der Waals surface area contributed by atoms with Gasteiger partial charge in [0, 0.05) is 25.0 Å². The lowest BCUT2D eigenvalue weighted by Crippen LogP contribution is -2.31. The summed E-state index contributed by atoms with van der Waals surface area (Å²) in [5.41, 5.74) is 6.71. The van der Waals surface area contributed by atoms with E-state index in [1.54, 1.807) is 42.6 Å². The van der Waals surface area contributed by atoms with Gasteiger partial charge in [0.05, 0.1) is 11.9 Å². The molecule has 0 atom stereocenters. The second-order valence-electron chi connectivity index (χ2n) is 4.42. The second-order valence-corrected chi connectivity index (χ2v) is 6.54. The van der Waals surface area contributed by atoms with Gasteiger partial charge in [-0.1, -0.05) is 6.07 Å². The molecule has 21 heavy (non-hydrogen) atoms. The number of aromatic nitrogens is 1. The Kier molecular flexibility index (Phi) is 4.64. The molecule has 7 heteroatoms. The van der Waals surface area contributed by atoms with Crippen molar-refractivity contribution in [3.63, 3.8) is 0 Å². The topological polar surface area (TPSA) is 85.5 Å². The van der Waals surface area contributed by atoms with Crippen LogP contribution in [0.2, 0.25) is 0 Å². The first kappa shape index (κ1) is 15.1. The zero-order valence-corrected chi connectivity index (χ0v) is 12.5. The molecule has 0 unspecified atom stereocenters. The van der Waals surface area contributed by atoms with E-state index in [1.807, 2.05) is 0 Å². The van der Waals surface area contributed by atoms with E-state index in [0.29, 0.717) is 17.1 Å². The van der Waals surface area contributed by atoms with Crippen molar-refractivity contribution in [3.05, 3.63) is 48.8 Å². The van der Waals surface area contributed by atoms with E-state index in [4.69, 9.17) is 10.5 Å². The van der Waals surface area contributed by atoms with Gasteiger partial charge in [0.25, 0.3) is 0 Å². The summed E-state index contributed by atoms with van der Waals surface area (Å²) in [4.78, 5) is 3.91. The third-order valence-corrected chi connectivity index (χ3v) is 4.62. The quantitative estimate of drug-likeness (QED) is 0.818. The number of nitrogens with zero attached hydrogens (tertiary/aromatic N) is 2. The maximum atomic E-state index is 12.2. The summed E-state index contributed by atoms with van der Waals surface area (Å²) in [5, 5.41) is 0. The molecule has 0 aliphatic rings. The summed E-state index contributed by atoms with van der Waals surface area (Å²) < 4.78 is 31.0. The Bertz CT molecular complexity index is 690. The van der Waals surface area contributed by atoms with Crippen molar-refractivity contribution in [2.45, 2.75) is 0 Å². The first-order chi connectivity index (χ1) is 9.99. The Hall–Kier alpha value is -2.28. The summed E-state index contributed by atoms with van der Waals surface area (Å²) in [7, 11) is -1.96. The van der Waals surface area contributed by atoms with E-state index < -0.39 is 10.0 Å². The van der Waals surface area contributed by atoms with Gasteiger partial charge in [-0.3, -0.25) is 9.29 Å². The highest BCUT2D eigenvalue weighted by Crippen LogP contribution is 2.16. The summed E-state index contributed by atoms with van der Waals surface area (Å²) in [6, 6.07) is 10.2. The van der Waals surface area contributed by atoms with Gasteiger partial charge in [0.15, 0.2) is 0 Å². The van der Waals surface area contributed by atoms with Crippen LogP contribution in [0.5, 0.6) is 5.75 Å². The van der Waals surface area contributed by atoms with E-state index in [-0.39, 0.29) is 12.4 Å². The van der Waals surface area contributed by atoms with E-state index >= 15 is 0 Å². The highest BCUT2D eigenvalue weighted by Gasteiger charge is 2.18. The van der Waals surface area contributed by atoms with Crippen molar-refractivity contribution in [2.24, 2.45) is 0 Å². The third kappa shape index (κ3) is 4.09. The lowest BCUT2D eigenvalue weighted by molar-refractivity contribution is 0.341. The number of ether oxygens (including phenoxy) is 1. The van der Waals surface area contributed by atoms with Crippen LogP contribution in [-0.4, -0.2) is 32.8 Å². The van der Waals surface area contributed by atoms with Crippen molar-refractivity contribution in [2.75, 3.05) is 29.4 Å². The monoisotopic (exact) mass is 307 g/mol. The Balaban J connectivity index is 1.95. The fraction of sp³-hybridized carbons (Fsp3) is 0.214. The molecule has 1 aromatic heterocycles. The number of sulfonamides is 1. The van der Waals surface area contributed by atoms with Crippen LogP contribution >= 0.6 is 0 Å². The molecule has 0 spiro atoms. The maximum absolute atomic E-state index is 12.2. The van der Waals surface area contributed by atoms with Crippen LogP contribution in [0.3, 0.4) is 0 Å². The average molecular weight is 307 g/mol. The molecule has 1 heterocycles. The van der Waals surface area contributed by atoms with Gasteiger partial charge in [0.2, 0.25) is 10.0 Å². The van der Waals surface area contributed by atoms with Crippen LogP contribution in [0.4, 0.5) is 11.4 Å². The first-order valence-corrected chi connectivity index (χ1v) is 7.95. The zero-order valence-electron chi connectivity index (χ0n) is 11.6. The number of nitrogens with two attached hydrogens (primary N) is 1. The highest BCUT2D eigenvalue weighted by atomic mass is 32.2. The minimum Gasteiger partial charge on any atom is -0.492 e. The fourth-order valence-electron chi connectivity index (χ4n) is 1.71. The van der Waals surface area contributed by atoms with E-state index in [1.165, 1.54) is 17.5 Å². The van der Waals surface area contributed by atoms with Crippen LogP contribution < -0.4 is 14.8 Å². The van der Waals surface area contributed by atoms with Crippen LogP contribution in [-0.2, 0) is 10.0 Å². The number of hydrogen-bond donors (Lipinski definition) is 1. The average Bonchev–Trinajstić information content (AvgIpc) is 2.47.